The van der Waals surface area contributed by atoms with Gasteiger partial charge in [0.25, 0.3) is 5.91 Å². The van der Waals surface area contributed by atoms with Crippen molar-refractivity contribution in [3.8, 4) is 0 Å². The molecule has 0 radical (unpaired) electrons. The highest BCUT2D eigenvalue weighted by Crippen LogP contribution is 2.36. The number of hydrogen-bond acceptors (Lipinski definition) is 5. The summed E-state index contributed by atoms with van der Waals surface area (Å²) in [5.41, 5.74) is 5.47. The largest absolute Gasteiger partial charge is 0.452 e. The third kappa shape index (κ3) is 3.44. The minimum atomic E-state index is -1.15. The van der Waals surface area contributed by atoms with Crippen molar-refractivity contribution in [2.75, 3.05) is 16.8 Å². The van der Waals surface area contributed by atoms with Crippen molar-refractivity contribution in [2.45, 2.75) is 19.4 Å². The van der Waals surface area contributed by atoms with Gasteiger partial charge in [0.1, 0.15) is 5.54 Å². The number of hydrogen-bond donors (Lipinski definition) is 2. The maximum Gasteiger partial charge on any atom is 0.338 e. The lowest BCUT2D eigenvalue weighted by molar-refractivity contribution is -0.128. The Balaban J connectivity index is 1.76. The Morgan fingerprint density at radius 1 is 1.04 bits per heavy atom. The third-order valence-electron chi connectivity index (χ3n) is 4.49. The lowest BCUT2D eigenvalue weighted by Crippen LogP contribution is -2.59. The molecule has 0 saturated carbocycles. The Kier molecular flexibility index (Phi) is 4.87. The number of carbonyl (C=O) groups is 4. The molecule has 2 aromatic rings. The highest BCUT2D eigenvalue weighted by atomic mass is 16.5. The summed E-state index contributed by atoms with van der Waals surface area (Å²) in [5, 5.41) is 2.76. The van der Waals surface area contributed by atoms with Gasteiger partial charge in [0.05, 0.1) is 16.9 Å². The monoisotopic (exact) mass is 381 g/mol. The summed E-state index contributed by atoms with van der Waals surface area (Å²) in [6.45, 7) is 2.68. The summed E-state index contributed by atoms with van der Waals surface area (Å²) in [5.74, 6) is -2.21. The van der Waals surface area contributed by atoms with Gasteiger partial charge in [0.15, 0.2) is 6.61 Å². The van der Waals surface area contributed by atoms with Crippen LogP contribution in [0.2, 0.25) is 0 Å². The van der Waals surface area contributed by atoms with Crippen LogP contribution in [0.1, 0.15) is 34.6 Å². The molecule has 3 rings (SSSR count). The molecule has 1 heterocycles. The number of anilines is 2. The number of benzene rings is 2. The lowest BCUT2D eigenvalue weighted by Gasteiger charge is -2.41. The molecule has 1 aliphatic rings. The Morgan fingerprint density at radius 2 is 1.64 bits per heavy atom. The molecule has 0 saturated heterocycles. The molecular weight excluding hydrogens is 362 g/mol. The molecule has 144 valence electrons. The smallest absolute Gasteiger partial charge is 0.338 e. The maximum absolute atomic E-state index is 12.8. The number of carbonyl (C=O) groups excluding carboxylic acids is 4. The van der Waals surface area contributed by atoms with Crippen LogP contribution < -0.4 is 16.0 Å². The van der Waals surface area contributed by atoms with Gasteiger partial charge in [-0.15, -0.1) is 0 Å². The average Bonchev–Trinajstić information content (AvgIpc) is 2.66. The SMILES string of the molecule is CC1(C)C(=O)Nc2ccccc2N1C(=O)COC(=O)c1ccc(C(N)=O)cc1. The predicted octanol–water partition coefficient (Wildman–Crippen LogP) is 1.71. The Hall–Kier alpha value is -3.68. The first-order valence-electron chi connectivity index (χ1n) is 8.52. The topological polar surface area (TPSA) is 119 Å². The van der Waals surface area contributed by atoms with Crippen LogP contribution in [0, 0.1) is 0 Å². The van der Waals surface area contributed by atoms with E-state index < -0.39 is 29.9 Å². The summed E-state index contributed by atoms with van der Waals surface area (Å²) >= 11 is 0. The summed E-state index contributed by atoms with van der Waals surface area (Å²) in [6, 6.07) is 12.5. The second-order valence-corrected chi connectivity index (χ2v) is 6.78. The molecule has 2 aromatic carbocycles. The van der Waals surface area contributed by atoms with Gasteiger partial charge in [-0.05, 0) is 50.2 Å². The lowest BCUT2D eigenvalue weighted by atomic mass is 9.96. The van der Waals surface area contributed by atoms with Gasteiger partial charge in [-0.2, -0.15) is 0 Å². The molecule has 0 atom stereocenters. The van der Waals surface area contributed by atoms with E-state index >= 15 is 0 Å². The minimum Gasteiger partial charge on any atom is -0.452 e. The molecule has 0 bridgehead atoms. The summed E-state index contributed by atoms with van der Waals surface area (Å²) in [4.78, 5) is 49.8. The van der Waals surface area contributed by atoms with Crippen molar-refractivity contribution in [1.82, 2.24) is 0 Å². The molecule has 8 nitrogen and oxygen atoms in total. The zero-order valence-electron chi connectivity index (χ0n) is 15.4. The third-order valence-corrected chi connectivity index (χ3v) is 4.49. The number of para-hydroxylation sites is 2. The van der Waals surface area contributed by atoms with E-state index in [4.69, 9.17) is 10.5 Å². The Labute approximate surface area is 161 Å². The zero-order chi connectivity index (χ0) is 20.5. The quantitative estimate of drug-likeness (QED) is 0.782. The van der Waals surface area contributed by atoms with Crippen LogP contribution in [0.5, 0.6) is 0 Å². The molecule has 0 fully saturated rings. The van der Waals surface area contributed by atoms with E-state index in [9.17, 15) is 19.2 Å². The molecular formula is C20H19N3O5. The number of rotatable bonds is 4. The van der Waals surface area contributed by atoms with Crippen molar-refractivity contribution in [3.05, 3.63) is 59.7 Å². The Bertz CT molecular complexity index is 966. The van der Waals surface area contributed by atoms with E-state index in [1.807, 2.05) is 0 Å². The van der Waals surface area contributed by atoms with Gasteiger partial charge in [0.2, 0.25) is 11.8 Å². The zero-order valence-corrected chi connectivity index (χ0v) is 15.4. The van der Waals surface area contributed by atoms with Crippen LogP contribution in [0.3, 0.4) is 0 Å². The van der Waals surface area contributed by atoms with Gasteiger partial charge in [-0.3, -0.25) is 19.3 Å². The van der Waals surface area contributed by atoms with Crippen LogP contribution in [0.15, 0.2) is 48.5 Å². The number of fused-ring (bicyclic) bond motifs is 1. The molecule has 3 N–H and O–H groups in total. The van der Waals surface area contributed by atoms with Gasteiger partial charge in [0, 0.05) is 5.56 Å². The highest BCUT2D eigenvalue weighted by molar-refractivity contribution is 6.14. The predicted molar refractivity (Wildman–Crippen MR) is 102 cm³/mol. The van der Waals surface area contributed by atoms with Gasteiger partial charge in [-0.1, -0.05) is 12.1 Å². The summed E-state index contributed by atoms with van der Waals surface area (Å²) in [7, 11) is 0. The van der Waals surface area contributed by atoms with E-state index in [0.29, 0.717) is 11.4 Å². The number of esters is 1. The van der Waals surface area contributed by atoms with E-state index in [0.717, 1.165) is 0 Å². The summed E-state index contributed by atoms with van der Waals surface area (Å²) in [6.07, 6.45) is 0. The highest BCUT2D eigenvalue weighted by Gasteiger charge is 2.43. The molecule has 0 unspecified atom stereocenters. The van der Waals surface area contributed by atoms with E-state index in [1.165, 1.54) is 29.2 Å². The van der Waals surface area contributed by atoms with E-state index in [1.54, 1.807) is 38.1 Å². The van der Waals surface area contributed by atoms with E-state index in [-0.39, 0.29) is 17.0 Å². The first-order valence-corrected chi connectivity index (χ1v) is 8.52. The van der Waals surface area contributed by atoms with E-state index in [2.05, 4.69) is 5.32 Å². The number of ether oxygens (including phenoxy) is 1. The van der Waals surface area contributed by atoms with Crippen LogP contribution in [-0.2, 0) is 14.3 Å². The number of primary amides is 1. The van der Waals surface area contributed by atoms with Crippen molar-refractivity contribution in [1.29, 1.82) is 0 Å². The van der Waals surface area contributed by atoms with Crippen LogP contribution in [0.25, 0.3) is 0 Å². The van der Waals surface area contributed by atoms with Gasteiger partial charge < -0.3 is 15.8 Å². The fourth-order valence-electron chi connectivity index (χ4n) is 2.94. The van der Waals surface area contributed by atoms with Gasteiger partial charge >= 0.3 is 5.97 Å². The fourth-order valence-corrected chi connectivity index (χ4v) is 2.94. The molecule has 0 aromatic heterocycles. The van der Waals surface area contributed by atoms with Crippen molar-refractivity contribution in [3.63, 3.8) is 0 Å². The first kappa shape index (κ1) is 19.1. The first-order chi connectivity index (χ1) is 13.2. The Morgan fingerprint density at radius 3 is 2.29 bits per heavy atom. The van der Waals surface area contributed by atoms with Crippen LogP contribution in [0.4, 0.5) is 11.4 Å². The number of amides is 3. The maximum atomic E-state index is 12.8. The van der Waals surface area contributed by atoms with Crippen molar-refractivity contribution < 1.29 is 23.9 Å². The van der Waals surface area contributed by atoms with Crippen LogP contribution in [-0.4, -0.2) is 35.8 Å². The van der Waals surface area contributed by atoms with Gasteiger partial charge in [-0.25, -0.2) is 4.79 Å². The number of nitrogens with zero attached hydrogens (tertiary/aromatic N) is 1. The normalized spacial score (nSPS) is 14.6. The molecule has 3 amide bonds. The van der Waals surface area contributed by atoms with Crippen molar-refractivity contribution in [2.24, 2.45) is 5.73 Å². The minimum absolute atomic E-state index is 0.175. The average molecular weight is 381 g/mol. The molecule has 1 aliphatic heterocycles. The second-order valence-electron chi connectivity index (χ2n) is 6.78. The second kappa shape index (κ2) is 7.15. The fraction of sp³-hybridized carbons (Fsp3) is 0.200. The van der Waals surface area contributed by atoms with Crippen LogP contribution >= 0.6 is 0 Å². The number of nitrogens with two attached hydrogens (primary N) is 1. The molecule has 28 heavy (non-hydrogen) atoms. The standard InChI is InChI=1S/C20H19N3O5/c1-20(2)19(27)22-14-5-3-4-6-15(14)23(20)16(24)11-28-18(26)13-9-7-12(8-10-13)17(21)25/h3-10H,11H2,1-2H3,(H2,21,25)(H,22,27). The molecule has 0 spiro atoms. The summed E-state index contributed by atoms with van der Waals surface area (Å²) < 4.78 is 5.11. The molecule has 8 heteroatoms. The number of nitrogens with one attached hydrogen (secondary N) is 1. The molecule has 0 aliphatic carbocycles. The van der Waals surface area contributed by atoms with Crippen molar-refractivity contribution >= 4 is 35.1 Å².